The summed E-state index contributed by atoms with van der Waals surface area (Å²) in [5.74, 6) is 1.04. The zero-order valence-electron chi connectivity index (χ0n) is 15.4. The van der Waals surface area contributed by atoms with Crippen molar-refractivity contribution in [3.8, 4) is 0 Å². The Morgan fingerprint density at radius 3 is 2.42 bits per heavy atom. The fourth-order valence-electron chi connectivity index (χ4n) is 4.27. The van der Waals surface area contributed by atoms with Crippen molar-refractivity contribution in [2.45, 2.75) is 63.7 Å². The van der Waals surface area contributed by atoms with Gasteiger partial charge in [-0.05, 0) is 86.1 Å². The van der Waals surface area contributed by atoms with E-state index in [0.29, 0.717) is 11.8 Å². The summed E-state index contributed by atoms with van der Waals surface area (Å²) in [6.07, 6.45) is 6.87. The molecule has 2 aliphatic rings. The second-order valence-electron chi connectivity index (χ2n) is 7.84. The van der Waals surface area contributed by atoms with Crippen LogP contribution in [0.3, 0.4) is 0 Å². The molecule has 0 spiro atoms. The number of Topliss-reactive ketones (excluding diaryl/α,β-unsaturated/α-hetero) is 1. The molecule has 2 aromatic rings. The summed E-state index contributed by atoms with van der Waals surface area (Å²) >= 11 is 0. The maximum Gasteiger partial charge on any atom is 0.184 e. The largest absolute Gasteiger partial charge is 0.292 e. The van der Waals surface area contributed by atoms with Crippen molar-refractivity contribution >= 4 is 5.78 Å². The average molecular weight is 351 g/mol. The lowest BCUT2D eigenvalue weighted by Crippen LogP contribution is -2.23. The van der Waals surface area contributed by atoms with E-state index in [1.54, 1.807) is 12.1 Å². The molecule has 0 radical (unpaired) electrons. The normalized spacial score (nSPS) is 23.0. The van der Waals surface area contributed by atoms with Crippen LogP contribution in [0.4, 0.5) is 4.39 Å². The van der Waals surface area contributed by atoms with Gasteiger partial charge in [0.2, 0.25) is 0 Å². The van der Waals surface area contributed by atoms with Crippen molar-refractivity contribution in [3.05, 3.63) is 64.7 Å². The standard InChI is InChI=1S/C23H26FNO/c1-2-20-12-13-21(16-8-9-16)22(25-20)23(26)17-10-6-15(7-11-17)18-4-3-5-19(24)14-18/h3-5,12-17H,2,6-11H2,1H3. The minimum atomic E-state index is -0.171. The number of hydrogen-bond acceptors (Lipinski definition) is 2. The monoisotopic (exact) mass is 351 g/mol. The number of hydrogen-bond donors (Lipinski definition) is 0. The molecule has 0 unspecified atom stereocenters. The van der Waals surface area contributed by atoms with Gasteiger partial charge >= 0.3 is 0 Å². The van der Waals surface area contributed by atoms with E-state index in [1.165, 1.54) is 24.5 Å². The third kappa shape index (κ3) is 3.58. The SMILES string of the molecule is CCc1ccc(C2CC2)c(C(=O)C2CCC(c3cccc(F)c3)CC2)n1. The molecular formula is C23H26FNO. The van der Waals surface area contributed by atoms with Crippen LogP contribution < -0.4 is 0 Å². The lowest BCUT2D eigenvalue weighted by Gasteiger charge is -2.28. The van der Waals surface area contributed by atoms with Crippen molar-refractivity contribution in [2.24, 2.45) is 5.92 Å². The Morgan fingerprint density at radius 1 is 1.04 bits per heavy atom. The predicted molar refractivity (Wildman–Crippen MR) is 101 cm³/mol. The molecule has 0 bridgehead atoms. The van der Waals surface area contributed by atoms with Gasteiger partial charge in [-0.1, -0.05) is 25.1 Å². The average Bonchev–Trinajstić information content (AvgIpc) is 3.52. The Morgan fingerprint density at radius 2 is 1.77 bits per heavy atom. The first-order chi connectivity index (χ1) is 12.7. The van der Waals surface area contributed by atoms with E-state index < -0.39 is 0 Å². The van der Waals surface area contributed by atoms with Gasteiger partial charge in [0.15, 0.2) is 5.78 Å². The van der Waals surface area contributed by atoms with E-state index in [0.717, 1.165) is 49.1 Å². The molecule has 0 N–H and O–H groups in total. The second kappa shape index (κ2) is 7.30. The third-order valence-corrected chi connectivity index (χ3v) is 6.01. The number of aromatic nitrogens is 1. The van der Waals surface area contributed by atoms with E-state index >= 15 is 0 Å². The summed E-state index contributed by atoms with van der Waals surface area (Å²) in [7, 11) is 0. The number of aryl methyl sites for hydroxylation is 1. The lowest BCUT2D eigenvalue weighted by molar-refractivity contribution is 0.0877. The first-order valence-electron chi connectivity index (χ1n) is 9.95. The fraction of sp³-hybridized carbons (Fsp3) is 0.478. The summed E-state index contributed by atoms with van der Waals surface area (Å²) < 4.78 is 13.5. The van der Waals surface area contributed by atoms with E-state index in [1.807, 2.05) is 6.07 Å². The molecule has 2 saturated carbocycles. The smallest absolute Gasteiger partial charge is 0.184 e. The molecule has 1 aromatic heterocycles. The summed E-state index contributed by atoms with van der Waals surface area (Å²) in [5.41, 5.74) is 3.98. The van der Waals surface area contributed by atoms with Gasteiger partial charge in [-0.2, -0.15) is 0 Å². The number of halogens is 1. The molecule has 136 valence electrons. The molecule has 4 rings (SSSR count). The van der Waals surface area contributed by atoms with Crippen molar-refractivity contribution in [2.75, 3.05) is 0 Å². The number of pyridine rings is 1. The topological polar surface area (TPSA) is 30.0 Å². The van der Waals surface area contributed by atoms with E-state index in [9.17, 15) is 9.18 Å². The zero-order chi connectivity index (χ0) is 18.1. The molecule has 0 aliphatic heterocycles. The molecule has 2 fully saturated rings. The van der Waals surface area contributed by atoms with Crippen LogP contribution in [0, 0.1) is 11.7 Å². The van der Waals surface area contributed by atoms with Crippen LogP contribution in [-0.4, -0.2) is 10.8 Å². The number of benzene rings is 1. The van der Waals surface area contributed by atoms with Gasteiger partial charge in [0.25, 0.3) is 0 Å². The molecule has 3 heteroatoms. The number of carbonyl (C=O) groups is 1. The van der Waals surface area contributed by atoms with Crippen LogP contribution >= 0.6 is 0 Å². The third-order valence-electron chi connectivity index (χ3n) is 6.01. The van der Waals surface area contributed by atoms with Gasteiger partial charge in [-0.15, -0.1) is 0 Å². The summed E-state index contributed by atoms with van der Waals surface area (Å²) in [6, 6.07) is 11.1. The quantitative estimate of drug-likeness (QED) is 0.636. The zero-order valence-corrected chi connectivity index (χ0v) is 15.4. The Labute approximate surface area is 154 Å². The van der Waals surface area contributed by atoms with E-state index in [-0.39, 0.29) is 17.5 Å². The Balaban J connectivity index is 1.48. The van der Waals surface area contributed by atoms with Crippen LogP contribution in [0.2, 0.25) is 0 Å². The first-order valence-corrected chi connectivity index (χ1v) is 9.95. The molecule has 0 atom stereocenters. The fourth-order valence-corrected chi connectivity index (χ4v) is 4.27. The highest BCUT2D eigenvalue weighted by Gasteiger charge is 2.33. The molecular weight excluding hydrogens is 325 g/mol. The number of ketones is 1. The summed E-state index contributed by atoms with van der Waals surface area (Å²) in [6.45, 7) is 2.08. The van der Waals surface area contributed by atoms with Gasteiger partial charge in [0.05, 0.1) is 0 Å². The van der Waals surface area contributed by atoms with Crippen molar-refractivity contribution in [1.29, 1.82) is 0 Å². The molecule has 2 aliphatic carbocycles. The van der Waals surface area contributed by atoms with Crippen LogP contribution in [0.25, 0.3) is 0 Å². The molecule has 0 saturated heterocycles. The molecule has 2 nitrogen and oxygen atoms in total. The van der Waals surface area contributed by atoms with Crippen LogP contribution in [0.15, 0.2) is 36.4 Å². The van der Waals surface area contributed by atoms with E-state index in [2.05, 4.69) is 19.1 Å². The van der Waals surface area contributed by atoms with Crippen LogP contribution in [0.1, 0.15) is 84.6 Å². The van der Waals surface area contributed by atoms with E-state index in [4.69, 9.17) is 4.98 Å². The lowest BCUT2D eigenvalue weighted by atomic mass is 9.76. The Bertz CT molecular complexity index is 804. The number of nitrogens with zero attached hydrogens (tertiary/aromatic N) is 1. The minimum Gasteiger partial charge on any atom is -0.292 e. The highest BCUT2D eigenvalue weighted by Crippen LogP contribution is 2.43. The molecule has 1 heterocycles. The molecule has 0 amide bonds. The van der Waals surface area contributed by atoms with Gasteiger partial charge in [0, 0.05) is 11.6 Å². The summed E-state index contributed by atoms with van der Waals surface area (Å²) in [5, 5.41) is 0. The van der Waals surface area contributed by atoms with Gasteiger partial charge in [-0.3, -0.25) is 4.79 Å². The van der Waals surface area contributed by atoms with Gasteiger partial charge in [-0.25, -0.2) is 9.37 Å². The van der Waals surface area contributed by atoms with Crippen molar-refractivity contribution < 1.29 is 9.18 Å². The highest BCUT2D eigenvalue weighted by atomic mass is 19.1. The number of carbonyl (C=O) groups excluding carboxylic acids is 1. The predicted octanol–water partition coefficient (Wildman–Crippen LogP) is 5.82. The summed E-state index contributed by atoms with van der Waals surface area (Å²) in [4.78, 5) is 17.9. The maximum absolute atomic E-state index is 13.5. The Hall–Kier alpha value is -2.03. The van der Waals surface area contributed by atoms with Crippen LogP contribution in [0.5, 0.6) is 0 Å². The Kier molecular flexibility index (Phi) is 4.88. The minimum absolute atomic E-state index is 0.0666. The van der Waals surface area contributed by atoms with Gasteiger partial charge < -0.3 is 0 Å². The number of rotatable bonds is 5. The van der Waals surface area contributed by atoms with Crippen LogP contribution in [-0.2, 0) is 6.42 Å². The maximum atomic E-state index is 13.5. The van der Waals surface area contributed by atoms with Crippen molar-refractivity contribution in [3.63, 3.8) is 0 Å². The first kappa shape index (κ1) is 17.4. The molecule has 1 aromatic carbocycles. The molecule has 26 heavy (non-hydrogen) atoms. The highest BCUT2D eigenvalue weighted by molar-refractivity contribution is 5.97. The van der Waals surface area contributed by atoms with Crippen molar-refractivity contribution in [1.82, 2.24) is 4.98 Å². The second-order valence-corrected chi connectivity index (χ2v) is 7.84. The van der Waals surface area contributed by atoms with Gasteiger partial charge in [0.1, 0.15) is 11.5 Å².